The largest absolute Gasteiger partial charge is 0.461 e. The van der Waals surface area contributed by atoms with Gasteiger partial charge in [0.2, 0.25) is 11.9 Å². The van der Waals surface area contributed by atoms with E-state index in [0.29, 0.717) is 31.1 Å². The minimum atomic E-state index is 0.0365. The molecule has 0 unspecified atom stereocenters. The third-order valence-corrected chi connectivity index (χ3v) is 2.57. The summed E-state index contributed by atoms with van der Waals surface area (Å²) < 4.78 is 10.9. The lowest BCUT2D eigenvalue weighted by Crippen LogP contribution is -2.37. The van der Waals surface area contributed by atoms with Crippen molar-refractivity contribution in [1.29, 1.82) is 0 Å². The summed E-state index contributed by atoms with van der Waals surface area (Å²) >= 11 is 0. The van der Waals surface area contributed by atoms with Crippen LogP contribution in [0, 0.1) is 0 Å². The molecule has 0 bridgehead atoms. The topological polar surface area (TPSA) is 72.4 Å². The Morgan fingerprint density at radius 1 is 1.26 bits per heavy atom. The second kappa shape index (κ2) is 6.51. The fourth-order valence-corrected chi connectivity index (χ4v) is 1.75. The fraction of sp³-hybridized carbons (Fsp3) is 0.750. The van der Waals surface area contributed by atoms with Gasteiger partial charge in [0.1, 0.15) is 0 Å². The second-order valence-electron chi connectivity index (χ2n) is 4.54. The SMILES string of the molecule is CCNc1nc(OC(C)C)nc(N2CCOCC2)n1. The highest BCUT2D eigenvalue weighted by atomic mass is 16.5. The van der Waals surface area contributed by atoms with E-state index in [1.54, 1.807) is 0 Å². The molecule has 19 heavy (non-hydrogen) atoms. The third kappa shape index (κ3) is 3.92. The van der Waals surface area contributed by atoms with Crippen LogP contribution in [0.15, 0.2) is 0 Å². The smallest absolute Gasteiger partial charge is 0.323 e. The Bertz CT molecular complexity index is 407. The van der Waals surface area contributed by atoms with Crippen LogP contribution >= 0.6 is 0 Å². The van der Waals surface area contributed by atoms with Crippen LogP contribution in [0.25, 0.3) is 0 Å². The zero-order chi connectivity index (χ0) is 13.7. The Morgan fingerprint density at radius 2 is 2.00 bits per heavy atom. The van der Waals surface area contributed by atoms with E-state index in [1.165, 1.54) is 0 Å². The van der Waals surface area contributed by atoms with Gasteiger partial charge in [-0.2, -0.15) is 15.0 Å². The number of hydrogen-bond donors (Lipinski definition) is 1. The van der Waals surface area contributed by atoms with Gasteiger partial charge in [0, 0.05) is 19.6 Å². The normalized spacial score (nSPS) is 15.7. The van der Waals surface area contributed by atoms with Crippen LogP contribution in [-0.4, -0.2) is 53.9 Å². The van der Waals surface area contributed by atoms with E-state index in [0.717, 1.165) is 19.6 Å². The number of aromatic nitrogens is 3. The molecule has 106 valence electrons. The predicted molar refractivity (Wildman–Crippen MR) is 72.8 cm³/mol. The number of nitrogens with one attached hydrogen (secondary N) is 1. The predicted octanol–water partition coefficient (Wildman–Crippen LogP) is 0.927. The standard InChI is InChI=1S/C12H21N5O2/c1-4-13-10-14-11(17-5-7-18-8-6-17)16-12(15-10)19-9(2)3/h9H,4-8H2,1-3H3,(H,13,14,15,16). The molecule has 1 aliphatic rings. The van der Waals surface area contributed by atoms with E-state index in [9.17, 15) is 0 Å². The Morgan fingerprint density at radius 3 is 2.63 bits per heavy atom. The van der Waals surface area contributed by atoms with Gasteiger partial charge in [-0.15, -0.1) is 0 Å². The van der Waals surface area contributed by atoms with Crippen LogP contribution in [0.2, 0.25) is 0 Å². The van der Waals surface area contributed by atoms with E-state index in [2.05, 4.69) is 25.2 Å². The molecule has 1 aromatic rings. The van der Waals surface area contributed by atoms with E-state index in [1.807, 2.05) is 20.8 Å². The van der Waals surface area contributed by atoms with Crippen molar-refractivity contribution >= 4 is 11.9 Å². The molecular formula is C12H21N5O2. The summed E-state index contributed by atoms with van der Waals surface area (Å²) in [5, 5.41) is 3.10. The average molecular weight is 267 g/mol. The van der Waals surface area contributed by atoms with Crippen molar-refractivity contribution in [3.8, 4) is 6.01 Å². The molecule has 2 rings (SSSR count). The van der Waals surface area contributed by atoms with Gasteiger partial charge in [-0.05, 0) is 20.8 Å². The Hall–Kier alpha value is -1.63. The quantitative estimate of drug-likeness (QED) is 0.850. The van der Waals surface area contributed by atoms with Crippen molar-refractivity contribution in [2.24, 2.45) is 0 Å². The number of ether oxygens (including phenoxy) is 2. The van der Waals surface area contributed by atoms with Gasteiger partial charge in [-0.3, -0.25) is 0 Å². The van der Waals surface area contributed by atoms with Crippen molar-refractivity contribution < 1.29 is 9.47 Å². The maximum Gasteiger partial charge on any atom is 0.323 e. The summed E-state index contributed by atoms with van der Waals surface area (Å²) in [6, 6.07) is 0.363. The van der Waals surface area contributed by atoms with Gasteiger partial charge in [0.25, 0.3) is 0 Å². The van der Waals surface area contributed by atoms with Crippen molar-refractivity contribution in [3.05, 3.63) is 0 Å². The monoisotopic (exact) mass is 267 g/mol. The summed E-state index contributed by atoms with van der Waals surface area (Å²) in [4.78, 5) is 15.1. The number of rotatable bonds is 5. The van der Waals surface area contributed by atoms with Gasteiger partial charge < -0.3 is 19.7 Å². The molecular weight excluding hydrogens is 246 g/mol. The maximum absolute atomic E-state index is 5.57. The maximum atomic E-state index is 5.57. The summed E-state index contributed by atoms with van der Waals surface area (Å²) in [6.07, 6.45) is 0.0365. The molecule has 1 aliphatic heterocycles. The Kier molecular flexibility index (Phi) is 4.73. The highest BCUT2D eigenvalue weighted by molar-refractivity contribution is 5.38. The third-order valence-electron chi connectivity index (χ3n) is 2.57. The highest BCUT2D eigenvalue weighted by Crippen LogP contribution is 2.16. The Labute approximate surface area is 113 Å². The first kappa shape index (κ1) is 13.8. The van der Waals surface area contributed by atoms with E-state index in [-0.39, 0.29) is 6.10 Å². The lowest BCUT2D eigenvalue weighted by atomic mass is 10.4. The molecule has 0 aromatic carbocycles. The van der Waals surface area contributed by atoms with Crippen LogP contribution < -0.4 is 15.0 Å². The van der Waals surface area contributed by atoms with Gasteiger partial charge in [-0.1, -0.05) is 0 Å². The zero-order valence-electron chi connectivity index (χ0n) is 11.7. The van der Waals surface area contributed by atoms with Gasteiger partial charge in [0.05, 0.1) is 19.3 Å². The minimum absolute atomic E-state index is 0.0365. The molecule has 1 fully saturated rings. The molecule has 0 aliphatic carbocycles. The van der Waals surface area contributed by atoms with E-state index in [4.69, 9.17) is 9.47 Å². The van der Waals surface area contributed by atoms with Crippen LogP contribution in [0.5, 0.6) is 6.01 Å². The molecule has 0 atom stereocenters. The van der Waals surface area contributed by atoms with Gasteiger partial charge in [0.15, 0.2) is 0 Å². The number of anilines is 2. The lowest BCUT2D eigenvalue weighted by molar-refractivity contribution is 0.121. The fourth-order valence-electron chi connectivity index (χ4n) is 1.75. The van der Waals surface area contributed by atoms with E-state index >= 15 is 0 Å². The number of morpholine rings is 1. The van der Waals surface area contributed by atoms with Crippen molar-refractivity contribution in [2.75, 3.05) is 43.1 Å². The first-order chi connectivity index (χ1) is 9.19. The zero-order valence-corrected chi connectivity index (χ0v) is 11.7. The molecule has 7 heteroatoms. The Balaban J connectivity index is 2.21. The van der Waals surface area contributed by atoms with Crippen molar-refractivity contribution in [2.45, 2.75) is 26.9 Å². The molecule has 0 amide bonds. The number of nitrogens with zero attached hydrogens (tertiary/aromatic N) is 4. The van der Waals surface area contributed by atoms with Crippen molar-refractivity contribution in [1.82, 2.24) is 15.0 Å². The van der Waals surface area contributed by atoms with Crippen LogP contribution in [0.3, 0.4) is 0 Å². The molecule has 0 radical (unpaired) electrons. The van der Waals surface area contributed by atoms with Crippen LogP contribution in [0.1, 0.15) is 20.8 Å². The van der Waals surface area contributed by atoms with Gasteiger partial charge >= 0.3 is 6.01 Å². The minimum Gasteiger partial charge on any atom is -0.461 e. The molecule has 0 saturated carbocycles. The molecule has 0 spiro atoms. The first-order valence-electron chi connectivity index (χ1n) is 6.68. The summed E-state index contributed by atoms with van der Waals surface area (Å²) in [6.45, 7) is 9.63. The van der Waals surface area contributed by atoms with Crippen molar-refractivity contribution in [3.63, 3.8) is 0 Å². The second-order valence-corrected chi connectivity index (χ2v) is 4.54. The van der Waals surface area contributed by atoms with Crippen LogP contribution in [-0.2, 0) is 4.74 Å². The van der Waals surface area contributed by atoms with Gasteiger partial charge in [-0.25, -0.2) is 0 Å². The first-order valence-corrected chi connectivity index (χ1v) is 6.68. The molecule has 1 N–H and O–H groups in total. The molecule has 1 saturated heterocycles. The number of hydrogen-bond acceptors (Lipinski definition) is 7. The summed E-state index contributed by atoms with van der Waals surface area (Å²) in [5.74, 6) is 1.19. The molecule has 2 heterocycles. The lowest BCUT2D eigenvalue weighted by Gasteiger charge is -2.27. The molecule has 7 nitrogen and oxygen atoms in total. The summed E-state index contributed by atoms with van der Waals surface area (Å²) in [7, 11) is 0. The average Bonchev–Trinajstić information content (AvgIpc) is 2.39. The molecule has 1 aromatic heterocycles. The summed E-state index contributed by atoms with van der Waals surface area (Å²) in [5.41, 5.74) is 0. The van der Waals surface area contributed by atoms with E-state index < -0.39 is 0 Å². The highest BCUT2D eigenvalue weighted by Gasteiger charge is 2.17. The van der Waals surface area contributed by atoms with Crippen LogP contribution in [0.4, 0.5) is 11.9 Å².